The number of esters is 1. The van der Waals surface area contributed by atoms with Crippen LogP contribution in [0.3, 0.4) is 0 Å². The molecule has 136 valence electrons. The first-order valence-corrected chi connectivity index (χ1v) is 8.88. The second kappa shape index (κ2) is 6.57. The molecule has 26 heavy (non-hydrogen) atoms. The molecule has 2 aliphatic rings. The van der Waals surface area contributed by atoms with Crippen molar-refractivity contribution in [3.8, 4) is 0 Å². The number of fused-ring (bicyclic) bond motifs is 1. The van der Waals surface area contributed by atoms with Gasteiger partial charge in [0.2, 0.25) is 0 Å². The van der Waals surface area contributed by atoms with Crippen LogP contribution >= 0.6 is 0 Å². The zero-order valence-electron chi connectivity index (χ0n) is 14.7. The summed E-state index contributed by atoms with van der Waals surface area (Å²) >= 11 is 0. The molecular formula is C19H22N4O3. The maximum absolute atomic E-state index is 12.7. The lowest BCUT2D eigenvalue weighted by molar-refractivity contribution is 0.0440. The van der Waals surface area contributed by atoms with Crippen molar-refractivity contribution in [3.63, 3.8) is 0 Å². The standard InChI is InChI=1S/C19H22N4O3/c1-23-15-7-10-20-11-14(15)16(22-23)17(24)21-19(8-9-19)12-26-18(25)13-5-3-2-4-6-13/h2-6,20H,7-12H2,1H3,(H,21,24). The molecule has 0 saturated heterocycles. The van der Waals surface area contributed by atoms with Gasteiger partial charge in [-0.25, -0.2) is 4.79 Å². The third kappa shape index (κ3) is 3.22. The minimum Gasteiger partial charge on any atom is -0.460 e. The largest absolute Gasteiger partial charge is 0.460 e. The van der Waals surface area contributed by atoms with Crippen LogP contribution in [-0.4, -0.2) is 40.3 Å². The minimum absolute atomic E-state index is 0.180. The molecule has 7 heteroatoms. The Bertz CT molecular complexity index is 840. The molecule has 0 spiro atoms. The van der Waals surface area contributed by atoms with Gasteiger partial charge < -0.3 is 15.4 Å². The first-order valence-electron chi connectivity index (χ1n) is 8.88. The molecule has 1 aromatic heterocycles. The number of amides is 1. The first-order chi connectivity index (χ1) is 12.6. The molecule has 1 saturated carbocycles. The van der Waals surface area contributed by atoms with E-state index in [0.717, 1.165) is 37.1 Å². The highest BCUT2D eigenvalue weighted by Gasteiger charge is 2.46. The predicted octanol–water partition coefficient (Wildman–Crippen LogP) is 1.19. The van der Waals surface area contributed by atoms with Gasteiger partial charge in [0.1, 0.15) is 6.61 Å². The lowest BCUT2D eigenvalue weighted by Gasteiger charge is -2.18. The fourth-order valence-electron chi connectivity index (χ4n) is 3.32. The van der Waals surface area contributed by atoms with E-state index < -0.39 is 5.54 Å². The second-order valence-electron chi connectivity index (χ2n) is 7.00. The van der Waals surface area contributed by atoms with Crippen molar-refractivity contribution in [2.75, 3.05) is 13.2 Å². The molecule has 2 aromatic rings. The molecule has 2 heterocycles. The van der Waals surface area contributed by atoms with E-state index in [2.05, 4.69) is 15.7 Å². The van der Waals surface area contributed by atoms with Crippen LogP contribution in [0.4, 0.5) is 0 Å². The number of aryl methyl sites for hydroxylation is 1. The van der Waals surface area contributed by atoms with Crippen molar-refractivity contribution < 1.29 is 14.3 Å². The fraction of sp³-hybridized carbons (Fsp3) is 0.421. The number of benzene rings is 1. The average Bonchev–Trinajstić information content (AvgIpc) is 3.35. The van der Waals surface area contributed by atoms with Gasteiger partial charge in [0.05, 0.1) is 11.1 Å². The topological polar surface area (TPSA) is 85.2 Å². The highest BCUT2D eigenvalue weighted by molar-refractivity contribution is 5.95. The number of nitrogens with one attached hydrogen (secondary N) is 2. The van der Waals surface area contributed by atoms with E-state index in [9.17, 15) is 9.59 Å². The summed E-state index contributed by atoms with van der Waals surface area (Å²) < 4.78 is 7.21. The Labute approximate surface area is 151 Å². The van der Waals surface area contributed by atoms with Gasteiger partial charge >= 0.3 is 5.97 Å². The summed E-state index contributed by atoms with van der Waals surface area (Å²) in [5.74, 6) is -0.565. The Morgan fingerprint density at radius 1 is 1.31 bits per heavy atom. The van der Waals surface area contributed by atoms with Gasteiger partial charge in [0.25, 0.3) is 5.91 Å². The first kappa shape index (κ1) is 16.8. The Morgan fingerprint density at radius 3 is 2.81 bits per heavy atom. The van der Waals surface area contributed by atoms with Gasteiger partial charge in [-0.2, -0.15) is 5.10 Å². The monoisotopic (exact) mass is 354 g/mol. The Morgan fingerprint density at radius 2 is 2.08 bits per heavy atom. The minimum atomic E-state index is -0.464. The molecule has 0 bridgehead atoms. The lowest BCUT2D eigenvalue weighted by Crippen LogP contribution is -2.41. The summed E-state index contributed by atoms with van der Waals surface area (Å²) in [6.45, 7) is 1.73. The van der Waals surface area contributed by atoms with E-state index >= 15 is 0 Å². The summed E-state index contributed by atoms with van der Waals surface area (Å²) in [5.41, 5.74) is 2.59. The van der Waals surface area contributed by atoms with Gasteiger partial charge in [0.15, 0.2) is 5.69 Å². The van der Waals surface area contributed by atoms with Crippen molar-refractivity contribution in [3.05, 3.63) is 52.8 Å². The van der Waals surface area contributed by atoms with Gasteiger partial charge in [-0.1, -0.05) is 18.2 Å². The van der Waals surface area contributed by atoms with Crippen molar-refractivity contribution in [2.45, 2.75) is 31.3 Å². The van der Waals surface area contributed by atoms with Gasteiger partial charge in [-0.3, -0.25) is 9.48 Å². The van der Waals surface area contributed by atoms with Crippen LogP contribution in [0, 0.1) is 0 Å². The average molecular weight is 354 g/mol. The van der Waals surface area contributed by atoms with Crippen LogP contribution in [-0.2, 0) is 24.8 Å². The Kier molecular flexibility index (Phi) is 4.24. The number of hydrogen-bond acceptors (Lipinski definition) is 5. The molecule has 1 aromatic carbocycles. The smallest absolute Gasteiger partial charge is 0.338 e. The quantitative estimate of drug-likeness (QED) is 0.788. The zero-order valence-corrected chi connectivity index (χ0v) is 14.7. The number of nitrogens with zero attached hydrogens (tertiary/aromatic N) is 2. The third-order valence-corrected chi connectivity index (χ3v) is 5.05. The number of ether oxygens (including phenoxy) is 1. The van der Waals surface area contributed by atoms with Crippen LogP contribution < -0.4 is 10.6 Å². The zero-order chi connectivity index (χ0) is 18.1. The summed E-state index contributed by atoms with van der Waals surface area (Å²) in [5, 5.41) is 10.7. The lowest BCUT2D eigenvalue weighted by atomic mass is 10.1. The Hall–Kier alpha value is -2.67. The Balaban J connectivity index is 1.41. The van der Waals surface area contributed by atoms with E-state index in [1.54, 1.807) is 28.9 Å². The molecule has 1 amide bonds. The fourth-order valence-corrected chi connectivity index (χ4v) is 3.32. The normalized spacial score (nSPS) is 17.3. The number of carbonyl (C=O) groups is 2. The number of hydrogen-bond donors (Lipinski definition) is 2. The molecule has 0 radical (unpaired) electrons. The third-order valence-electron chi connectivity index (χ3n) is 5.05. The maximum atomic E-state index is 12.7. The van der Waals surface area contributed by atoms with Crippen molar-refractivity contribution >= 4 is 11.9 Å². The summed E-state index contributed by atoms with van der Waals surface area (Å²) in [7, 11) is 1.87. The van der Waals surface area contributed by atoms with E-state index in [0.29, 0.717) is 17.8 Å². The SMILES string of the molecule is Cn1nc(C(=O)NC2(COC(=O)c3ccccc3)CC2)c2c1CCNC2. The van der Waals surface area contributed by atoms with Crippen molar-refractivity contribution in [2.24, 2.45) is 7.05 Å². The summed E-state index contributed by atoms with van der Waals surface area (Å²) in [6, 6.07) is 8.87. The van der Waals surface area contributed by atoms with Crippen LogP contribution in [0.5, 0.6) is 0 Å². The highest BCUT2D eigenvalue weighted by atomic mass is 16.5. The van der Waals surface area contributed by atoms with Crippen molar-refractivity contribution in [1.29, 1.82) is 0 Å². The summed E-state index contributed by atoms with van der Waals surface area (Å²) in [6.07, 6.45) is 2.47. The van der Waals surface area contributed by atoms with E-state index in [-0.39, 0.29) is 18.5 Å². The second-order valence-corrected chi connectivity index (χ2v) is 7.00. The predicted molar refractivity (Wildman–Crippen MR) is 94.8 cm³/mol. The van der Waals surface area contributed by atoms with E-state index in [1.807, 2.05) is 13.1 Å². The van der Waals surface area contributed by atoms with E-state index in [1.165, 1.54) is 0 Å². The van der Waals surface area contributed by atoms with Gasteiger partial charge in [-0.05, 0) is 25.0 Å². The number of rotatable bonds is 5. The molecule has 4 rings (SSSR count). The summed E-state index contributed by atoms with van der Waals surface area (Å²) in [4.78, 5) is 24.9. The molecule has 1 fully saturated rings. The molecule has 1 aliphatic heterocycles. The molecule has 0 unspecified atom stereocenters. The van der Waals surface area contributed by atoms with Gasteiger partial charge in [-0.15, -0.1) is 0 Å². The number of aromatic nitrogens is 2. The maximum Gasteiger partial charge on any atom is 0.338 e. The van der Waals surface area contributed by atoms with Gasteiger partial charge in [0, 0.05) is 37.8 Å². The van der Waals surface area contributed by atoms with Crippen LogP contribution in [0.25, 0.3) is 0 Å². The molecule has 7 nitrogen and oxygen atoms in total. The molecule has 0 atom stereocenters. The molecule has 2 N–H and O–H groups in total. The van der Waals surface area contributed by atoms with E-state index in [4.69, 9.17) is 4.74 Å². The van der Waals surface area contributed by atoms with Crippen molar-refractivity contribution in [1.82, 2.24) is 20.4 Å². The molecular weight excluding hydrogens is 332 g/mol. The van der Waals surface area contributed by atoms with Crippen LogP contribution in [0.2, 0.25) is 0 Å². The highest BCUT2D eigenvalue weighted by Crippen LogP contribution is 2.36. The van der Waals surface area contributed by atoms with Crippen LogP contribution in [0.1, 0.15) is 44.9 Å². The van der Waals surface area contributed by atoms with Crippen LogP contribution in [0.15, 0.2) is 30.3 Å². The number of carbonyl (C=O) groups excluding carboxylic acids is 2. The molecule has 1 aliphatic carbocycles.